The van der Waals surface area contributed by atoms with Gasteiger partial charge in [0.2, 0.25) is 5.91 Å². The molecular formula is C25H32N4O4S. The number of urea groups is 1. The van der Waals surface area contributed by atoms with Crippen molar-refractivity contribution in [2.24, 2.45) is 11.8 Å². The quantitative estimate of drug-likeness (QED) is 0.451. The number of ether oxygens (including phenoxy) is 1. The van der Waals surface area contributed by atoms with E-state index in [1.165, 1.54) is 11.3 Å². The molecule has 0 saturated heterocycles. The smallest absolute Gasteiger partial charge is 0.319 e. The minimum absolute atomic E-state index is 0.00921. The molecule has 182 valence electrons. The minimum Gasteiger partial charge on any atom is -0.497 e. The fraction of sp³-hybridized carbons (Fsp3) is 0.480. The van der Waals surface area contributed by atoms with Crippen molar-refractivity contribution in [3.05, 3.63) is 40.3 Å². The number of hydrogen-bond donors (Lipinski definition) is 4. The number of benzene rings is 1. The van der Waals surface area contributed by atoms with E-state index in [1.54, 1.807) is 31.4 Å². The number of aryl methyl sites for hydroxylation is 1. The fourth-order valence-corrected chi connectivity index (χ4v) is 5.25. The molecular weight excluding hydrogens is 452 g/mol. The SMILES string of the molecule is COc1ccc(NC(=O)NC2CCc3sc(NC(=O)C4CC4)c(C(=O)NCC(C)C)c3C2)cc1. The van der Waals surface area contributed by atoms with Gasteiger partial charge in [-0.1, -0.05) is 13.8 Å². The summed E-state index contributed by atoms with van der Waals surface area (Å²) in [5.41, 5.74) is 2.15. The molecule has 2 aromatic rings. The largest absolute Gasteiger partial charge is 0.497 e. The highest BCUT2D eigenvalue weighted by Crippen LogP contribution is 2.40. The van der Waals surface area contributed by atoms with Crippen molar-refractivity contribution in [2.45, 2.75) is 52.0 Å². The van der Waals surface area contributed by atoms with Gasteiger partial charge in [0.15, 0.2) is 0 Å². The van der Waals surface area contributed by atoms with Gasteiger partial charge in [-0.2, -0.15) is 0 Å². The van der Waals surface area contributed by atoms with Crippen LogP contribution < -0.4 is 26.0 Å². The Morgan fingerprint density at radius 1 is 1.09 bits per heavy atom. The predicted octanol–water partition coefficient (Wildman–Crippen LogP) is 4.17. The molecule has 0 aliphatic heterocycles. The third-order valence-electron chi connectivity index (χ3n) is 6.03. The molecule has 34 heavy (non-hydrogen) atoms. The van der Waals surface area contributed by atoms with Crippen LogP contribution in [0.15, 0.2) is 24.3 Å². The molecule has 0 spiro atoms. The number of rotatable bonds is 8. The van der Waals surface area contributed by atoms with Crippen LogP contribution in [0.3, 0.4) is 0 Å². The summed E-state index contributed by atoms with van der Waals surface area (Å²) in [5.74, 6) is 0.919. The van der Waals surface area contributed by atoms with E-state index < -0.39 is 0 Å². The lowest BCUT2D eigenvalue weighted by atomic mass is 9.91. The first kappa shape index (κ1) is 24.1. The van der Waals surface area contributed by atoms with Crippen LogP contribution in [0.4, 0.5) is 15.5 Å². The number of nitrogens with one attached hydrogen (secondary N) is 4. The summed E-state index contributed by atoms with van der Waals surface area (Å²) in [4.78, 5) is 39.3. The van der Waals surface area contributed by atoms with Gasteiger partial charge in [0.1, 0.15) is 10.8 Å². The molecule has 1 fully saturated rings. The second-order valence-electron chi connectivity index (χ2n) is 9.34. The van der Waals surface area contributed by atoms with Gasteiger partial charge in [0.05, 0.1) is 12.7 Å². The molecule has 0 bridgehead atoms. The standard InChI is InChI=1S/C25H32N4O4S/c1-14(2)13-26-23(31)21-19-12-17(28-25(32)27-16-6-9-18(33-3)10-7-16)8-11-20(19)34-24(21)29-22(30)15-4-5-15/h6-7,9-10,14-15,17H,4-5,8,11-13H2,1-3H3,(H,26,31)(H,29,30)(H2,27,28,32). The van der Waals surface area contributed by atoms with Crippen molar-refractivity contribution in [3.63, 3.8) is 0 Å². The molecule has 2 aliphatic rings. The number of amides is 4. The molecule has 1 unspecified atom stereocenters. The molecule has 0 radical (unpaired) electrons. The van der Waals surface area contributed by atoms with E-state index in [4.69, 9.17) is 4.74 Å². The molecule has 1 saturated carbocycles. The van der Waals surface area contributed by atoms with Crippen molar-refractivity contribution in [1.29, 1.82) is 0 Å². The summed E-state index contributed by atoms with van der Waals surface area (Å²) in [6.07, 6.45) is 3.87. The van der Waals surface area contributed by atoms with Crippen molar-refractivity contribution in [1.82, 2.24) is 10.6 Å². The number of carbonyl (C=O) groups excluding carboxylic acids is 3. The maximum atomic E-state index is 13.1. The molecule has 1 atom stereocenters. The maximum absolute atomic E-state index is 13.1. The van der Waals surface area contributed by atoms with Gasteiger partial charge < -0.3 is 26.0 Å². The average molecular weight is 485 g/mol. The zero-order chi connectivity index (χ0) is 24.2. The van der Waals surface area contributed by atoms with E-state index in [9.17, 15) is 14.4 Å². The lowest BCUT2D eigenvalue weighted by Crippen LogP contribution is -2.41. The van der Waals surface area contributed by atoms with E-state index in [0.717, 1.165) is 41.9 Å². The Kier molecular flexibility index (Phi) is 7.41. The van der Waals surface area contributed by atoms with E-state index in [1.807, 2.05) is 13.8 Å². The van der Waals surface area contributed by atoms with E-state index >= 15 is 0 Å². The van der Waals surface area contributed by atoms with Gasteiger partial charge in [-0.25, -0.2) is 4.79 Å². The van der Waals surface area contributed by atoms with Gasteiger partial charge >= 0.3 is 6.03 Å². The molecule has 4 rings (SSSR count). The molecule has 9 heteroatoms. The Bertz CT molecular complexity index is 1060. The number of methoxy groups -OCH3 is 1. The number of thiophene rings is 1. The lowest BCUT2D eigenvalue weighted by Gasteiger charge is -2.24. The third kappa shape index (κ3) is 5.88. The van der Waals surface area contributed by atoms with Crippen LogP contribution >= 0.6 is 11.3 Å². The van der Waals surface area contributed by atoms with E-state index in [2.05, 4.69) is 21.3 Å². The van der Waals surface area contributed by atoms with Crippen LogP contribution in [0.25, 0.3) is 0 Å². The van der Waals surface area contributed by atoms with Crippen molar-refractivity contribution in [3.8, 4) is 5.75 Å². The zero-order valence-electron chi connectivity index (χ0n) is 19.8. The summed E-state index contributed by atoms with van der Waals surface area (Å²) in [7, 11) is 1.59. The number of anilines is 2. The number of fused-ring (bicyclic) bond motifs is 1. The van der Waals surface area contributed by atoms with Crippen LogP contribution in [-0.4, -0.2) is 37.5 Å². The summed E-state index contributed by atoms with van der Waals surface area (Å²) in [6, 6.07) is 6.73. The monoisotopic (exact) mass is 484 g/mol. The maximum Gasteiger partial charge on any atom is 0.319 e. The predicted molar refractivity (Wildman–Crippen MR) is 134 cm³/mol. The average Bonchev–Trinajstić information content (AvgIpc) is 3.60. The van der Waals surface area contributed by atoms with Crippen LogP contribution in [0.5, 0.6) is 5.75 Å². The molecule has 1 heterocycles. The molecule has 8 nitrogen and oxygen atoms in total. The van der Waals surface area contributed by atoms with Gasteiger partial charge in [0.25, 0.3) is 5.91 Å². The van der Waals surface area contributed by atoms with E-state index in [-0.39, 0.29) is 29.8 Å². The topological polar surface area (TPSA) is 109 Å². The van der Waals surface area contributed by atoms with Crippen LogP contribution in [0, 0.1) is 11.8 Å². The van der Waals surface area contributed by atoms with Crippen LogP contribution in [0.1, 0.15) is 53.9 Å². The molecule has 2 aliphatic carbocycles. The first-order chi connectivity index (χ1) is 16.3. The van der Waals surface area contributed by atoms with Crippen molar-refractivity contribution in [2.75, 3.05) is 24.3 Å². The van der Waals surface area contributed by atoms with E-state index in [0.29, 0.717) is 35.1 Å². The Labute approximate surface area is 203 Å². The minimum atomic E-state index is -0.290. The molecule has 4 amide bonds. The van der Waals surface area contributed by atoms with Gasteiger partial charge in [-0.15, -0.1) is 11.3 Å². The van der Waals surface area contributed by atoms with Gasteiger partial charge in [-0.05, 0) is 67.9 Å². The number of carbonyl (C=O) groups is 3. The summed E-state index contributed by atoms with van der Waals surface area (Å²) >= 11 is 1.49. The Morgan fingerprint density at radius 3 is 2.47 bits per heavy atom. The fourth-order valence-electron chi connectivity index (χ4n) is 4.01. The van der Waals surface area contributed by atoms with Crippen LogP contribution in [0.2, 0.25) is 0 Å². The normalized spacial score (nSPS) is 17.0. The second kappa shape index (κ2) is 10.5. The highest BCUT2D eigenvalue weighted by molar-refractivity contribution is 7.17. The molecule has 4 N–H and O–H groups in total. The van der Waals surface area contributed by atoms with Crippen LogP contribution in [-0.2, 0) is 17.6 Å². The first-order valence-electron chi connectivity index (χ1n) is 11.8. The Hall–Kier alpha value is -3.07. The Morgan fingerprint density at radius 2 is 1.82 bits per heavy atom. The van der Waals surface area contributed by atoms with Gasteiger partial charge in [0, 0.05) is 29.1 Å². The van der Waals surface area contributed by atoms with Gasteiger partial charge in [-0.3, -0.25) is 9.59 Å². The Balaban J connectivity index is 1.47. The summed E-state index contributed by atoms with van der Waals surface area (Å²) in [6.45, 7) is 4.65. The first-order valence-corrected chi connectivity index (χ1v) is 12.6. The lowest BCUT2D eigenvalue weighted by molar-refractivity contribution is -0.117. The van der Waals surface area contributed by atoms with Crippen molar-refractivity contribution < 1.29 is 19.1 Å². The second-order valence-corrected chi connectivity index (χ2v) is 10.4. The molecule has 1 aromatic carbocycles. The van der Waals surface area contributed by atoms with Crippen molar-refractivity contribution >= 4 is 39.9 Å². The summed E-state index contributed by atoms with van der Waals surface area (Å²) in [5, 5.41) is 12.5. The zero-order valence-corrected chi connectivity index (χ0v) is 20.6. The molecule has 1 aromatic heterocycles. The highest BCUT2D eigenvalue weighted by atomic mass is 32.1. The summed E-state index contributed by atoms with van der Waals surface area (Å²) < 4.78 is 5.15. The third-order valence-corrected chi connectivity index (χ3v) is 7.23. The highest BCUT2D eigenvalue weighted by Gasteiger charge is 2.34. The number of hydrogen-bond acceptors (Lipinski definition) is 5.